The monoisotopic (exact) mass is 378 g/mol. The number of thioether (sulfide) groups is 1. The Labute approximate surface area is 157 Å². The average Bonchev–Trinajstić information content (AvgIpc) is 3.25. The first-order chi connectivity index (χ1) is 12.1. The second-order valence-electron chi connectivity index (χ2n) is 6.31. The summed E-state index contributed by atoms with van der Waals surface area (Å²) in [5.74, 6) is 0.876. The number of aromatic nitrogens is 3. The molecule has 1 aromatic carbocycles. The molecule has 0 bridgehead atoms. The Morgan fingerprint density at radius 3 is 2.64 bits per heavy atom. The largest absolute Gasteiger partial charge is 0.352 e. The van der Waals surface area contributed by atoms with Crippen molar-refractivity contribution in [3.8, 4) is 11.4 Å². The molecule has 0 radical (unpaired) electrons. The lowest BCUT2D eigenvalue weighted by molar-refractivity contribution is -0.120. The van der Waals surface area contributed by atoms with E-state index in [-0.39, 0.29) is 11.2 Å². The maximum absolute atomic E-state index is 12.4. The van der Waals surface area contributed by atoms with Crippen LogP contribution in [-0.4, -0.2) is 32.0 Å². The molecule has 1 heterocycles. The van der Waals surface area contributed by atoms with E-state index >= 15 is 0 Å². The Balaban J connectivity index is 1.71. The summed E-state index contributed by atoms with van der Waals surface area (Å²) < 4.78 is 2.03. The Kier molecular flexibility index (Phi) is 6.02. The zero-order valence-electron chi connectivity index (χ0n) is 14.5. The molecule has 3 rings (SSSR count). The molecule has 1 amide bonds. The smallest absolute Gasteiger partial charge is 0.233 e. The summed E-state index contributed by atoms with van der Waals surface area (Å²) in [4.78, 5) is 12.4. The number of hydrogen-bond donors (Lipinski definition) is 1. The Morgan fingerprint density at radius 1 is 1.32 bits per heavy atom. The van der Waals surface area contributed by atoms with Crippen LogP contribution in [0, 0.1) is 0 Å². The molecule has 0 spiro atoms. The van der Waals surface area contributed by atoms with Gasteiger partial charge in [-0.25, -0.2) is 0 Å². The summed E-state index contributed by atoms with van der Waals surface area (Å²) in [6.45, 7) is 4.71. The first kappa shape index (κ1) is 18.3. The van der Waals surface area contributed by atoms with Gasteiger partial charge in [0.25, 0.3) is 0 Å². The van der Waals surface area contributed by atoms with Crippen molar-refractivity contribution in [3.05, 3.63) is 29.3 Å². The number of benzene rings is 1. The van der Waals surface area contributed by atoms with Crippen LogP contribution in [-0.2, 0) is 11.3 Å². The van der Waals surface area contributed by atoms with E-state index in [1.54, 1.807) is 0 Å². The number of hydrogen-bond acceptors (Lipinski definition) is 4. The topological polar surface area (TPSA) is 59.8 Å². The third-order valence-electron chi connectivity index (χ3n) is 4.49. The molecule has 1 fully saturated rings. The van der Waals surface area contributed by atoms with Gasteiger partial charge < -0.3 is 9.88 Å². The van der Waals surface area contributed by atoms with Crippen LogP contribution in [0.5, 0.6) is 0 Å². The van der Waals surface area contributed by atoms with Crippen molar-refractivity contribution < 1.29 is 4.79 Å². The lowest BCUT2D eigenvalue weighted by atomic mass is 10.2. The van der Waals surface area contributed by atoms with Crippen LogP contribution in [0.25, 0.3) is 11.4 Å². The number of rotatable bonds is 6. The number of halogens is 1. The number of amides is 1. The van der Waals surface area contributed by atoms with Crippen LogP contribution >= 0.6 is 23.4 Å². The zero-order valence-corrected chi connectivity index (χ0v) is 16.1. The Morgan fingerprint density at radius 2 is 2.00 bits per heavy atom. The summed E-state index contributed by atoms with van der Waals surface area (Å²) in [6, 6.07) is 7.89. The van der Waals surface area contributed by atoms with Gasteiger partial charge in [-0.3, -0.25) is 4.79 Å². The molecule has 1 aromatic heterocycles. The predicted octanol–water partition coefficient (Wildman–Crippen LogP) is 4.16. The fraction of sp³-hybridized carbons (Fsp3) is 0.500. The molecule has 1 aliphatic rings. The van der Waals surface area contributed by atoms with Gasteiger partial charge in [0.15, 0.2) is 11.0 Å². The lowest BCUT2D eigenvalue weighted by Gasteiger charge is -2.16. The normalized spacial score (nSPS) is 16.1. The van der Waals surface area contributed by atoms with Crippen LogP contribution in [0.1, 0.15) is 39.5 Å². The molecule has 1 saturated carbocycles. The first-order valence-electron chi connectivity index (χ1n) is 8.74. The minimum Gasteiger partial charge on any atom is -0.352 e. The van der Waals surface area contributed by atoms with Crippen molar-refractivity contribution in [1.82, 2.24) is 20.1 Å². The molecule has 0 saturated heterocycles. The van der Waals surface area contributed by atoms with Crippen LogP contribution < -0.4 is 5.32 Å². The van der Waals surface area contributed by atoms with Gasteiger partial charge in [0.1, 0.15) is 0 Å². The standard InChI is InChI=1S/C18H23ClN4OS/c1-3-23-16(13-8-10-14(19)11-9-13)21-22-18(23)25-12(2)17(24)20-15-6-4-5-7-15/h8-12,15H,3-7H2,1-2H3,(H,20,24)/t12-/m1/s1. The number of nitrogens with zero attached hydrogens (tertiary/aromatic N) is 3. The van der Waals surface area contributed by atoms with Crippen LogP contribution in [0.2, 0.25) is 5.02 Å². The maximum Gasteiger partial charge on any atom is 0.233 e. The van der Waals surface area contributed by atoms with Crippen molar-refractivity contribution in [2.24, 2.45) is 0 Å². The van der Waals surface area contributed by atoms with E-state index in [0.717, 1.165) is 35.9 Å². The quantitative estimate of drug-likeness (QED) is 0.767. The van der Waals surface area contributed by atoms with E-state index in [9.17, 15) is 4.79 Å². The van der Waals surface area contributed by atoms with E-state index in [1.807, 2.05) is 35.8 Å². The fourth-order valence-corrected chi connectivity index (χ4v) is 4.12. The number of carbonyl (C=O) groups excluding carboxylic acids is 1. The number of carbonyl (C=O) groups is 1. The van der Waals surface area contributed by atoms with E-state index in [4.69, 9.17) is 11.6 Å². The molecular weight excluding hydrogens is 356 g/mol. The molecule has 25 heavy (non-hydrogen) atoms. The lowest BCUT2D eigenvalue weighted by Crippen LogP contribution is -2.37. The van der Waals surface area contributed by atoms with Crippen LogP contribution in [0.4, 0.5) is 0 Å². The molecule has 5 nitrogen and oxygen atoms in total. The van der Waals surface area contributed by atoms with Gasteiger partial charge in [-0.05, 0) is 51.0 Å². The van der Waals surface area contributed by atoms with Crippen molar-refractivity contribution in [2.45, 2.75) is 62.5 Å². The average molecular weight is 379 g/mol. The third kappa shape index (κ3) is 4.36. The first-order valence-corrected chi connectivity index (χ1v) is 10.0. The minimum absolute atomic E-state index is 0.0793. The van der Waals surface area contributed by atoms with Gasteiger partial charge >= 0.3 is 0 Å². The molecule has 2 aromatic rings. The van der Waals surface area contributed by atoms with Gasteiger partial charge in [-0.15, -0.1) is 10.2 Å². The summed E-state index contributed by atoms with van der Waals surface area (Å²) in [7, 11) is 0. The molecular formula is C18H23ClN4OS. The molecule has 7 heteroatoms. The Hall–Kier alpha value is -1.53. The van der Waals surface area contributed by atoms with E-state index in [1.165, 1.54) is 24.6 Å². The second-order valence-corrected chi connectivity index (χ2v) is 8.05. The van der Waals surface area contributed by atoms with Crippen LogP contribution in [0.3, 0.4) is 0 Å². The fourth-order valence-electron chi connectivity index (χ4n) is 3.07. The highest BCUT2D eigenvalue weighted by Crippen LogP contribution is 2.28. The molecule has 1 atom stereocenters. The summed E-state index contributed by atoms with van der Waals surface area (Å²) in [6.07, 6.45) is 4.60. The highest BCUT2D eigenvalue weighted by Gasteiger charge is 2.23. The van der Waals surface area contributed by atoms with Gasteiger partial charge in [0.05, 0.1) is 5.25 Å². The second kappa shape index (κ2) is 8.23. The van der Waals surface area contributed by atoms with Gasteiger partial charge in [0, 0.05) is 23.2 Å². The van der Waals surface area contributed by atoms with Crippen molar-refractivity contribution in [3.63, 3.8) is 0 Å². The highest BCUT2D eigenvalue weighted by molar-refractivity contribution is 8.00. The van der Waals surface area contributed by atoms with Crippen molar-refractivity contribution in [2.75, 3.05) is 0 Å². The van der Waals surface area contributed by atoms with Crippen molar-refractivity contribution >= 4 is 29.3 Å². The van der Waals surface area contributed by atoms with E-state index < -0.39 is 0 Å². The molecule has 134 valence electrons. The summed E-state index contributed by atoms with van der Waals surface area (Å²) >= 11 is 7.42. The van der Waals surface area contributed by atoms with Gasteiger partial charge in [0.2, 0.25) is 5.91 Å². The minimum atomic E-state index is -0.201. The maximum atomic E-state index is 12.4. The van der Waals surface area contributed by atoms with E-state index in [2.05, 4.69) is 22.4 Å². The van der Waals surface area contributed by atoms with Crippen LogP contribution in [0.15, 0.2) is 29.4 Å². The zero-order chi connectivity index (χ0) is 17.8. The summed E-state index contributed by atoms with van der Waals surface area (Å²) in [5, 5.41) is 13.0. The molecule has 0 unspecified atom stereocenters. The van der Waals surface area contributed by atoms with E-state index in [0.29, 0.717) is 11.1 Å². The van der Waals surface area contributed by atoms with Gasteiger partial charge in [-0.1, -0.05) is 36.2 Å². The molecule has 0 aliphatic heterocycles. The molecule has 1 N–H and O–H groups in total. The highest BCUT2D eigenvalue weighted by atomic mass is 35.5. The Bertz CT molecular complexity index is 725. The summed E-state index contributed by atoms with van der Waals surface area (Å²) in [5.41, 5.74) is 0.966. The predicted molar refractivity (Wildman–Crippen MR) is 102 cm³/mol. The SMILES string of the molecule is CCn1c(S[C@H](C)C(=O)NC2CCCC2)nnc1-c1ccc(Cl)cc1. The van der Waals surface area contributed by atoms with Gasteiger partial charge in [-0.2, -0.15) is 0 Å². The van der Waals surface area contributed by atoms with Crippen molar-refractivity contribution in [1.29, 1.82) is 0 Å². The third-order valence-corrected chi connectivity index (χ3v) is 5.82. The molecule has 1 aliphatic carbocycles. The number of nitrogens with one attached hydrogen (secondary N) is 1.